The Kier molecular flexibility index (Phi) is 8.35. The Labute approximate surface area is 102 Å². The number of esters is 1. The van der Waals surface area contributed by atoms with Crippen LogP contribution in [-0.4, -0.2) is 51.3 Å². The van der Waals surface area contributed by atoms with Crippen molar-refractivity contribution in [2.24, 2.45) is 0 Å². The van der Waals surface area contributed by atoms with Gasteiger partial charge in [-0.25, -0.2) is 0 Å². The highest BCUT2D eigenvalue weighted by Gasteiger charge is 2.16. The normalized spacial score (nSPS) is 13.9. The molecule has 0 aromatic heterocycles. The van der Waals surface area contributed by atoms with Crippen molar-refractivity contribution in [2.75, 3.05) is 27.4 Å². The van der Waals surface area contributed by atoms with E-state index >= 15 is 0 Å². The minimum absolute atomic E-state index is 0.106. The first kappa shape index (κ1) is 15.9. The van der Waals surface area contributed by atoms with Crippen LogP contribution in [0.15, 0.2) is 0 Å². The number of amides is 1. The predicted octanol–water partition coefficient (Wildman–Crippen LogP) is -0.321. The summed E-state index contributed by atoms with van der Waals surface area (Å²) in [5.41, 5.74) is 0. The molecule has 0 aliphatic carbocycles. The molecule has 0 bridgehead atoms. The first-order valence-electron chi connectivity index (χ1n) is 5.60. The summed E-state index contributed by atoms with van der Waals surface area (Å²) >= 11 is 0. The highest BCUT2D eigenvalue weighted by Crippen LogP contribution is 1.95. The van der Waals surface area contributed by atoms with Crippen LogP contribution >= 0.6 is 0 Å². The molecule has 0 heterocycles. The number of ether oxygens (including phenoxy) is 2. The van der Waals surface area contributed by atoms with Gasteiger partial charge in [0, 0.05) is 19.7 Å². The molecule has 17 heavy (non-hydrogen) atoms. The first-order chi connectivity index (χ1) is 8.01. The van der Waals surface area contributed by atoms with Crippen LogP contribution in [0.5, 0.6) is 0 Å². The van der Waals surface area contributed by atoms with Gasteiger partial charge >= 0.3 is 5.97 Å². The number of nitrogens with one attached hydrogen (secondary N) is 2. The lowest BCUT2D eigenvalue weighted by atomic mass is 10.2. The van der Waals surface area contributed by atoms with Gasteiger partial charge in [0.2, 0.25) is 5.91 Å². The lowest BCUT2D eigenvalue weighted by Gasteiger charge is -2.18. The monoisotopic (exact) mass is 246 g/mol. The summed E-state index contributed by atoms with van der Waals surface area (Å²) in [6.45, 7) is 4.54. The Bertz CT molecular complexity index is 246. The maximum absolute atomic E-state index is 11.6. The van der Waals surface area contributed by atoms with Crippen molar-refractivity contribution in [1.29, 1.82) is 0 Å². The molecule has 0 aliphatic rings. The average molecular weight is 246 g/mol. The molecule has 2 N–H and O–H groups in total. The zero-order valence-corrected chi connectivity index (χ0v) is 10.9. The van der Waals surface area contributed by atoms with E-state index < -0.39 is 0 Å². The molecule has 100 valence electrons. The van der Waals surface area contributed by atoms with E-state index in [1.807, 2.05) is 6.92 Å². The Morgan fingerprint density at radius 1 is 1.24 bits per heavy atom. The van der Waals surface area contributed by atoms with E-state index in [2.05, 4.69) is 15.4 Å². The molecule has 0 fully saturated rings. The Morgan fingerprint density at radius 2 is 1.88 bits per heavy atom. The number of hydrogen-bond acceptors (Lipinski definition) is 5. The fourth-order valence-electron chi connectivity index (χ4n) is 1.32. The summed E-state index contributed by atoms with van der Waals surface area (Å²) < 4.78 is 9.37. The smallest absolute Gasteiger partial charge is 0.307 e. The van der Waals surface area contributed by atoms with Crippen molar-refractivity contribution in [3.63, 3.8) is 0 Å². The summed E-state index contributed by atoms with van der Waals surface area (Å²) in [4.78, 5) is 22.6. The van der Waals surface area contributed by atoms with E-state index in [0.29, 0.717) is 13.2 Å². The number of carbonyl (C=O) groups is 2. The molecule has 2 unspecified atom stereocenters. The van der Waals surface area contributed by atoms with Gasteiger partial charge in [0.25, 0.3) is 0 Å². The Balaban J connectivity index is 3.85. The molecule has 0 spiro atoms. The molecule has 0 rings (SSSR count). The molecule has 0 aromatic carbocycles. The average Bonchev–Trinajstić information content (AvgIpc) is 2.28. The van der Waals surface area contributed by atoms with Gasteiger partial charge in [-0.2, -0.15) is 0 Å². The summed E-state index contributed by atoms with van der Waals surface area (Å²) in [5, 5.41) is 5.73. The molecule has 2 atom stereocenters. The number of hydrogen-bond donors (Lipinski definition) is 2. The third kappa shape index (κ3) is 7.70. The van der Waals surface area contributed by atoms with E-state index in [1.54, 1.807) is 14.0 Å². The SMILES string of the molecule is COCCNC(=O)C(C)NC(C)CC(=O)OC. The van der Waals surface area contributed by atoms with Crippen molar-refractivity contribution < 1.29 is 19.1 Å². The number of carbonyl (C=O) groups excluding carboxylic acids is 2. The molecule has 0 aliphatic heterocycles. The van der Waals surface area contributed by atoms with Crippen molar-refractivity contribution in [1.82, 2.24) is 10.6 Å². The number of methoxy groups -OCH3 is 2. The van der Waals surface area contributed by atoms with E-state index in [1.165, 1.54) is 7.11 Å². The molecule has 6 heteroatoms. The molecular formula is C11H22N2O4. The maximum atomic E-state index is 11.6. The summed E-state index contributed by atoms with van der Waals surface area (Å²) in [6, 6.07) is -0.461. The topological polar surface area (TPSA) is 76.7 Å². The molecule has 1 amide bonds. The lowest BCUT2D eigenvalue weighted by molar-refractivity contribution is -0.141. The van der Waals surface area contributed by atoms with E-state index in [4.69, 9.17) is 4.74 Å². The quantitative estimate of drug-likeness (QED) is 0.453. The van der Waals surface area contributed by atoms with Gasteiger partial charge in [0.05, 0.1) is 26.2 Å². The van der Waals surface area contributed by atoms with Crippen LogP contribution < -0.4 is 10.6 Å². The Morgan fingerprint density at radius 3 is 2.41 bits per heavy atom. The van der Waals surface area contributed by atoms with E-state index in [0.717, 1.165) is 0 Å². The van der Waals surface area contributed by atoms with Crippen molar-refractivity contribution in [3.05, 3.63) is 0 Å². The minimum Gasteiger partial charge on any atom is -0.469 e. The second-order valence-electron chi connectivity index (χ2n) is 3.85. The third-order valence-corrected chi connectivity index (χ3v) is 2.23. The molecule has 6 nitrogen and oxygen atoms in total. The van der Waals surface area contributed by atoms with E-state index in [9.17, 15) is 9.59 Å². The van der Waals surface area contributed by atoms with Crippen molar-refractivity contribution in [3.8, 4) is 0 Å². The van der Waals surface area contributed by atoms with Gasteiger partial charge in [0.15, 0.2) is 0 Å². The van der Waals surface area contributed by atoms with Crippen LogP contribution in [0.2, 0.25) is 0 Å². The zero-order valence-electron chi connectivity index (χ0n) is 10.9. The predicted molar refractivity (Wildman–Crippen MR) is 63.6 cm³/mol. The molecule has 0 radical (unpaired) electrons. The third-order valence-electron chi connectivity index (χ3n) is 2.23. The summed E-state index contributed by atoms with van der Waals surface area (Å²) in [5.74, 6) is -0.407. The van der Waals surface area contributed by atoms with Gasteiger partial charge in [0.1, 0.15) is 0 Å². The highest BCUT2D eigenvalue weighted by molar-refractivity contribution is 5.81. The highest BCUT2D eigenvalue weighted by atomic mass is 16.5. The van der Waals surface area contributed by atoms with Crippen LogP contribution in [-0.2, 0) is 19.1 Å². The second-order valence-corrected chi connectivity index (χ2v) is 3.85. The zero-order chi connectivity index (χ0) is 13.3. The minimum atomic E-state index is -0.355. The fraction of sp³-hybridized carbons (Fsp3) is 0.818. The Hall–Kier alpha value is -1.14. The number of rotatable bonds is 8. The van der Waals surface area contributed by atoms with Gasteiger partial charge in [-0.15, -0.1) is 0 Å². The van der Waals surface area contributed by atoms with Crippen LogP contribution in [0.1, 0.15) is 20.3 Å². The van der Waals surface area contributed by atoms with Crippen molar-refractivity contribution in [2.45, 2.75) is 32.4 Å². The fourth-order valence-corrected chi connectivity index (χ4v) is 1.32. The van der Waals surface area contributed by atoms with Crippen LogP contribution in [0, 0.1) is 0 Å². The van der Waals surface area contributed by atoms with Gasteiger partial charge in [-0.05, 0) is 13.8 Å². The first-order valence-corrected chi connectivity index (χ1v) is 5.60. The van der Waals surface area contributed by atoms with Crippen LogP contribution in [0.3, 0.4) is 0 Å². The van der Waals surface area contributed by atoms with E-state index in [-0.39, 0.29) is 30.4 Å². The molecule has 0 aromatic rings. The van der Waals surface area contributed by atoms with Crippen LogP contribution in [0.25, 0.3) is 0 Å². The van der Waals surface area contributed by atoms with Gasteiger partial charge in [-0.3, -0.25) is 9.59 Å². The van der Waals surface area contributed by atoms with Gasteiger partial charge < -0.3 is 20.1 Å². The lowest BCUT2D eigenvalue weighted by Crippen LogP contribution is -2.46. The standard InChI is InChI=1S/C11H22N2O4/c1-8(7-10(14)17-4)13-9(2)11(15)12-5-6-16-3/h8-9,13H,5-7H2,1-4H3,(H,12,15). The molecule has 0 saturated carbocycles. The van der Waals surface area contributed by atoms with Gasteiger partial charge in [-0.1, -0.05) is 0 Å². The molecule has 0 saturated heterocycles. The summed E-state index contributed by atoms with van der Waals surface area (Å²) in [7, 11) is 2.92. The summed E-state index contributed by atoms with van der Waals surface area (Å²) in [6.07, 6.45) is 0.242. The molecular weight excluding hydrogens is 224 g/mol. The van der Waals surface area contributed by atoms with Crippen LogP contribution in [0.4, 0.5) is 0 Å². The second kappa shape index (κ2) is 8.95. The van der Waals surface area contributed by atoms with Crippen molar-refractivity contribution >= 4 is 11.9 Å². The maximum Gasteiger partial charge on any atom is 0.307 e. The largest absolute Gasteiger partial charge is 0.469 e.